The molecule has 2 atom stereocenters. The van der Waals surface area contributed by atoms with Gasteiger partial charge in [0.1, 0.15) is 6.61 Å². The maximum Gasteiger partial charge on any atom is 0.309 e. The molecule has 24 heavy (non-hydrogen) atoms. The number of allylic oxidation sites excluding steroid dienone is 1. The summed E-state index contributed by atoms with van der Waals surface area (Å²) < 4.78 is 11.9. The predicted molar refractivity (Wildman–Crippen MR) is 100 cm³/mol. The molecule has 0 aliphatic heterocycles. The van der Waals surface area contributed by atoms with Crippen molar-refractivity contribution in [1.29, 1.82) is 0 Å². The summed E-state index contributed by atoms with van der Waals surface area (Å²) in [7, 11) is -1.83. The second-order valence-corrected chi connectivity index (χ2v) is 12.9. The lowest BCUT2D eigenvalue weighted by Crippen LogP contribution is -2.44. The molecule has 4 heteroatoms. The zero-order valence-corrected chi connectivity index (χ0v) is 16.5. The van der Waals surface area contributed by atoms with Crippen LogP contribution in [0.4, 0.5) is 0 Å². The molecular formula is C20H30O3Si. The number of hydrogen-bond acceptors (Lipinski definition) is 3. The second-order valence-electron chi connectivity index (χ2n) is 8.11. The summed E-state index contributed by atoms with van der Waals surface area (Å²) in [6.07, 6.45) is 5.66. The van der Waals surface area contributed by atoms with Crippen LogP contribution in [0.1, 0.15) is 39.2 Å². The van der Waals surface area contributed by atoms with Crippen LogP contribution in [0.25, 0.3) is 0 Å². The third-order valence-corrected chi connectivity index (χ3v) is 9.60. The van der Waals surface area contributed by atoms with Gasteiger partial charge in [-0.25, -0.2) is 0 Å². The Bertz CT molecular complexity index is 572. The Kier molecular flexibility index (Phi) is 6.05. The first-order valence-corrected chi connectivity index (χ1v) is 11.6. The maximum atomic E-state index is 12.4. The van der Waals surface area contributed by atoms with Crippen LogP contribution in [-0.2, 0) is 20.6 Å². The van der Waals surface area contributed by atoms with Gasteiger partial charge in [-0.3, -0.25) is 4.79 Å². The quantitative estimate of drug-likeness (QED) is 0.423. The maximum absolute atomic E-state index is 12.4. The fourth-order valence-electron chi connectivity index (χ4n) is 2.53. The van der Waals surface area contributed by atoms with Crippen molar-refractivity contribution >= 4 is 14.3 Å². The molecule has 2 unspecified atom stereocenters. The predicted octanol–water partition coefficient (Wildman–Crippen LogP) is 5.09. The van der Waals surface area contributed by atoms with Gasteiger partial charge in [0.05, 0.1) is 12.0 Å². The summed E-state index contributed by atoms with van der Waals surface area (Å²) in [5, 5.41) is 0.168. The Labute approximate surface area is 147 Å². The number of hydrogen-bond donors (Lipinski definition) is 0. The molecule has 0 spiro atoms. The first-order valence-electron chi connectivity index (χ1n) is 8.74. The van der Waals surface area contributed by atoms with Crippen molar-refractivity contribution in [3.63, 3.8) is 0 Å². The summed E-state index contributed by atoms with van der Waals surface area (Å²) in [6.45, 7) is 11.5. The van der Waals surface area contributed by atoms with Gasteiger partial charge >= 0.3 is 5.97 Å². The average Bonchev–Trinajstić information content (AvgIpc) is 2.52. The average molecular weight is 347 g/mol. The summed E-state index contributed by atoms with van der Waals surface area (Å²) in [6, 6.07) is 9.81. The molecule has 0 radical (unpaired) electrons. The lowest BCUT2D eigenvalue weighted by Gasteiger charge is -2.39. The number of ether oxygens (including phenoxy) is 1. The summed E-state index contributed by atoms with van der Waals surface area (Å²) >= 11 is 0. The van der Waals surface area contributed by atoms with E-state index in [0.717, 1.165) is 18.4 Å². The molecule has 0 bridgehead atoms. The van der Waals surface area contributed by atoms with E-state index in [-0.39, 0.29) is 23.0 Å². The van der Waals surface area contributed by atoms with Gasteiger partial charge in [0.15, 0.2) is 8.32 Å². The van der Waals surface area contributed by atoms with E-state index in [4.69, 9.17) is 9.16 Å². The third kappa shape index (κ3) is 5.05. The van der Waals surface area contributed by atoms with E-state index in [9.17, 15) is 4.79 Å². The van der Waals surface area contributed by atoms with E-state index >= 15 is 0 Å². The number of carbonyl (C=O) groups is 1. The third-order valence-electron chi connectivity index (χ3n) is 5.10. The van der Waals surface area contributed by atoms with Crippen LogP contribution in [-0.4, -0.2) is 20.4 Å². The molecule has 0 amide bonds. The zero-order valence-electron chi connectivity index (χ0n) is 15.5. The first kappa shape index (κ1) is 18.9. The van der Waals surface area contributed by atoms with Gasteiger partial charge in [-0.15, -0.1) is 0 Å². The minimum atomic E-state index is -1.83. The summed E-state index contributed by atoms with van der Waals surface area (Å²) in [5.74, 6) is -0.222. The topological polar surface area (TPSA) is 35.5 Å². The molecule has 0 heterocycles. The highest BCUT2D eigenvalue weighted by molar-refractivity contribution is 6.74. The van der Waals surface area contributed by atoms with Crippen LogP contribution in [0.15, 0.2) is 42.5 Å². The van der Waals surface area contributed by atoms with E-state index in [1.807, 2.05) is 30.3 Å². The van der Waals surface area contributed by atoms with Gasteiger partial charge in [0, 0.05) is 0 Å². The van der Waals surface area contributed by atoms with Crippen molar-refractivity contribution < 1.29 is 14.0 Å². The summed E-state index contributed by atoms with van der Waals surface area (Å²) in [5.41, 5.74) is 1.02. The number of esters is 1. The molecular weight excluding hydrogens is 316 g/mol. The van der Waals surface area contributed by atoms with Crippen molar-refractivity contribution in [3.8, 4) is 0 Å². The first-order chi connectivity index (χ1) is 11.2. The molecule has 0 saturated carbocycles. The molecule has 0 saturated heterocycles. The fourth-order valence-corrected chi connectivity index (χ4v) is 3.82. The fraction of sp³-hybridized carbons (Fsp3) is 0.550. The van der Waals surface area contributed by atoms with Crippen molar-refractivity contribution in [2.45, 2.75) is 64.5 Å². The lowest BCUT2D eigenvalue weighted by molar-refractivity contribution is -0.150. The molecule has 2 rings (SSSR count). The number of carbonyl (C=O) groups excluding carboxylic acids is 1. The van der Waals surface area contributed by atoms with Crippen molar-refractivity contribution in [3.05, 3.63) is 48.0 Å². The highest BCUT2D eigenvalue weighted by Gasteiger charge is 2.40. The number of rotatable bonds is 5. The van der Waals surface area contributed by atoms with E-state index < -0.39 is 8.32 Å². The Hall–Kier alpha value is -1.39. The van der Waals surface area contributed by atoms with Crippen LogP contribution in [0, 0.1) is 5.92 Å². The standard InChI is InChI=1S/C20H30O3Si/c1-20(2,3)24(4,5)23-18-13-9-12-17(14-18)19(21)22-15-16-10-7-6-8-11-16/h6-11,13,17-18H,12,14-15H2,1-5H3. The van der Waals surface area contributed by atoms with Crippen molar-refractivity contribution in [2.24, 2.45) is 5.92 Å². The van der Waals surface area contributed by atoms with Crippen LogP contribution in [0.5, 0.6) is 0 Å². The molecule has 0 fully saturated rings. The minimum absolute atomic E-state index is 0.0221. The zero-order chi connectivity index (χ0) is 17.8. The smallest absolute Gasteiger partial charge is 0.309 e. The van der Waals surface area contributed by atoms with Gasteiger partial charge in [-0.05, 0) is 36.5 Å². The Morgan fingerprint density at radius 3 is 2.50 bits per heavy atom. The SMILES string of the molecule is CC(C)(C)[Si](C)(C)OC1C=CCC(C(=O)OCc2ccccc2)C1. The van der Waals surface area contributed by atoms with Gasteiger partial charge in [-0.2, -0.15) is 0 Å². The monoisotopic (exact) mass is 346 g/mol. The van der Waals surface area contributed by atoms with Crippen molar-refractivity contribution in [2.75, 3.05) is 0 Å². The van der Waals surface area contributed by atoms with Gasteiger partial charge in [-0.1, -0.05) is 63.3 Å². The van der Waals surface area contributed by atoms with Crippen LogP contribution in [0.2, 0.25) is 18.1 Å². The normalized spacial score (nSPS) is 21.5. The Balaban J connectivity index is 1.89. The van der Waals surface area contributed by atoms with Gasteiger partial charge < -0.3 is 9.16 Å². The van der Waals surface area contributed by atoms with Crippen LogP contribution < -0.4 is 0 Å². The molecule has 1 aliphatic rings. The minimum Gasteiger partial charge on any atom is -0.461 e. The van der Waals surface area contributed by atoms with Gasteiger partial charge in [0.2, 0.25) is 0 Å². The van der Waals surface area contributed by atoms with E-state index in [1.54, 1.807) is 0 Å². The molecule has 0 N–H and O–H groups in total. The molecule has 1 aliphatic carbocycles. The van der Waals surface area contributed by atoms with E-state index in [2.05, 4.69) is 46.0 Å². The Morgan fingerprint density at radius 1 is 1.21 bits per heavy atom. The summed E-state index contributed by atoms with van der Waals surface area (Å²) in [4.78, 5) is 12.4. The molecule has 1 aromatic carbocycles. The van der Waals surface area contributed by atoms with Crippen LogP contribution in [0.3, 0.4) is 0 Å². The molecule has 1 aromatic rings. The van der Waals surface area contributed by atoms with E-state index in [0.29, 0.717) is 6.61 Å². The lowest BCUT2D eigenvalue weighted by atomic mass is 9.93. The highest BCUT2D eigenvalue weighted by Crippen LogP contribution is 2.38. The van der Waals surface area contributed by atoms with E-state index in [1.165, 1.54) is 0 Å². The molecule has 0 aromatic heterocycles. The van der Waals surface area contributed by atoms with Crippen molar-refractivity contribution in [1.82, 2.24) is 0 Å². The molecule has 3 nitrogen and oxygen atoms in total. The van der Waals surface area contributed by atoms with Gasteiger partial charge in [0.25, 0.3) is 0 Å². The number of benzene rings is 1. The van der Waals surface area contributed by atoms with Crippen LogP contribution >= 0.6 is 0 Å². The highest BCUT2D eigenvalue weighted by atomic mass is 28.4. The molecule has 132 valence electrons. The Morgan fingerprint density at radius 2 is 1.88 bits per heavy atom. The second kappa shape index (κ2) is 7.66. The largest absolute Gasteiger partial charge is 0.461 e.